The Morgan fingerprint density at radius 1 is 1.23 bits per heavy atom. The Morgan fingerprint density at radius 3 is 2.91 bits per heavy atom. The lowest BCUT2D eigenvalue weighted by atomic mass is 9.90. The number of fused-ring (bicyclic) bond motifs is 1. The van der Waals surface area contributed by atoms with Crippen LogP contribution >= 0.6 is 0 Å². The lowest BCUT2D eigenvalue weighted by Crippen LogP contribution is -2.24. The molecule has 0 radical (unpaired) electrons. The van der Waals surface area contributed by atoms with Crippen molar-refractivity contribution in [2.45, 2.75) is 39.2 Å². The number of nitrogens with zero attached hydrogens (tertiary/aromatic N) is 2. The van der Waals surface area contributed by atoms with E-state index in [0.29, 0.717) is 12.5 Å². The zero-order chi connectivity index (χ0) is 15.4. The fourth-order valence-electron chi connectivity index (χ4n) is 2.84. The maximum atomic E-state index is 6.04. The molecule has 1 aliphatic carbocycles. The van der Waals surface area contributed by atoms with Crippen molar-refractivity contribution in [1.29, 1.82) is 0 Å². The van der Waals surface area contributed by atoms with Gasteiger partial charge in [-0.15, -0.1) is 0 Å². The summed E-state index contributed by atoms with van der Waals surface area (Å²) in [6.07, 6.45) is 6.65. The number of benzene rings is 1. The van der Waals surface area contributed by atoms with E-state index in [1.807, 2.05) is 25.3 Å². The Labute approximate surface area is 131 Å². The fourth-order valence-corrected chi connectivity index (χ4v) is 2.84. The Balaban J connectivity index is 1.70. The highest BCUT2D eigenvalue weighted by Crippen LogP contribution is 2.27. The third-order valence-corrected chi connectivity index (χ3v) is 4.06. The predicted molar refractivity (Wildman–Crippen MR) is 91.0 cm³/mol. The van der Waals surface area contributed by atoms with Crippen LogP contribution < -0.4 is 11.1 Å². The first-order valence-corrected chi connectivity index (χ1v) is 7.81. The highest BCUT2D eigenvalue weighted by molar-refractivity contribution is 5.93. The molecule has 1 heterocycles. The second-order valence-electron chi connectivity index (χ2n) is 5.78. The summed E-state index contributed by atoms with van der Waals surface area (Å²) >= 11 is 0. The minimum atomic E-state index is 0.458. The Bertz CT molecular complexity index is 674. The van der Waals surface area contributed by atoms with Crippen LogP contribution in [0.15, 0.2) is 41.5 Å². The number of hydrogen-bond donors (Lipinski definition) is 2. The van der Waals surface area contributed by atoms with E-state index < -0.39 is 0 Å². The molecule has 3 rings (SSSR count). The summed E-state index contributed by atoms with van der Waals surface area (Å²) < 4.78 is 0. The van der Waals surface area contributed by atoms with Crippen molar-refractivity contribution >= 4 is 11.6 Å². The molecule has 1 aliphatic rings. The van der Waals surface area contributed by atoms with Gasteiger partial charge in [0, 0.05) is 17.6 Å². The van der Waals surface area contributed by atoms with E-state index in [9.17, 15) is 0 Å². The summed E-state index contributed by atoms with van der Waals surface area (Å²) in [7, 11) is 0. The fraction of sp³-hybridized carbons (Fsp3) is 0.333. The van der Waals surface area contributed by atoms with Crippen LogP contribution in [-0.2, 0) is 19.4 Å². The van der Waals surface area contributed by atoms with Crippen LogP contribution in [0.2, 0.25) is 0 Å². The van der Waals surface area contributed by atoms with Crippen molar-refractivity contribution in [1.82, 2.24) is 4.98 Å². The first kappa shape index (κ1) is 14.6. The predicted octanol–water partition coefficient (Wildman–Crippen LogP) is 3.20. The van der Waals surface area contributed by atoms with Crippen molar-refractivity contribution in [3.63, 3.8) is 0 Å². The van der Waals surface area contributed by atoms with Crippen LogP contribution in [0.5, 0.6) is 0 Å². The standard InChI is InChI=1S/C18H22N4/c1-13-9-10-14(11-20-13)12-21-18(19)22-17-8-4-6-15-5-2-3-7-16(15)17/h4,6,8-11H,2-3,5,7,12H2,1H3,(H3,19,21,22). The molecular weight excluding hydrogens is 272 g/mol. The van der Waals surface area contributed by atoms with Crippen molar-refractivity contribution in [2.24, 2.45) is 10.7 Å². The summed E-state index contributed by atoms with van der Waals surface area (Å²) in [6, 6.07) is 10.4. The monoisotopic (exact) mass is 294 g/mol. The molecule has 0 aliphatic heterocycles. The number of anilines is 1. The van der Waals surface area contributed by atoms with E-state index in [-0.39, 0.29) is 0 Å². The molecule has 0 atom stereocenters. The van der Waals surface area contributed by atoms with Crippen LogP contribution in [0.25, 0.3) is 0 Å². The third-order valence-electron chi connectivity index (χ3n) is 4.06. The molecule has 114 valence electrons. The second-order valence-corrected chi connectivity index (χ2v) is 5.78. The van der Waals surface area contributed by atoms with Crippen LogP contribution in [-0.4, -0.2) is 10.9 Å². The topological polar surface area (TPSA) is 63.3 Å². The van der Waals surface area contributed by atoms with Crippen molar-refractivity contribution < 1.29 is 0 Å². The average Bonchev–Trinajstić information content (AvgIpc) is 2.55. The number of nitrogens with two attached hydrogens (primary N) is 1. The molecule has 1 aromatic carbocycles. The molecule has 2 aromatic rings. The number of nitrogens with one attached hydrogen (secondary N) is 1. The van der Waals surface area contributed by atoms with Crippen LogP contribution in [0, 0.1) is 6.92 Å². The van der Waals surface area contributed by atoms with Gasteiger partial charge in [0.05, 0.1) is 6.54 Å². The number of aryl methyl sites for hydroxylation is 2. The molecule has 1 aromatic heterocycles. The van der Waals surface area contributed by atoms with Gasteiger partial charge < -0.3 is 11.1 Å². The molecule has 3 N–H and O–H groups in total. The molecular formula is C18H22N4. The lowest BCUT2D eigenvalue weighted by Gasteiger charge is -2.19. The summed E-state index contributed by atoms with van der Waals surface area (Å²) in [5.41, 5.74) is 12.0. The largest absolute Gasteiger partial charge is 0.370 e. The maximum absolute atomic E-state index is 6.04. The average molecular weight is 294 g/mol. The zero-order valence-electron chi connectivity index (χ0n) is 13.0. The van der Waals surface area contributed by atoms with E-state index in [1.54, 1.807) is 0 Å². The number of rotatable bonds is 3. The van der Waals surface area contributed by atoms with Gasteiger partial charge in [0.25, 0.3) is 0 Å². The summed E-state index contributed by atoms with van der Waals surface area (Å²) in [4.78, 5) is 8.68. The second kappa shape index (κ2) is 6.60. The van der Waals surface area contributed by atoms with Gasteiger partial charge in [0.1, 0.15) is 0 Å². The van der Waals surface area contributed by atoms with E-state index >= 15 is 0 Å². The van der Waals surface area contributed by atoms with Gasteiger partial charge in [-0.1, -0.05) is 18.2 Å². The number of pyridine rings is 1. The Morgan fingerprint density at radius 2 is 2.09 bits per heavy atom. The minimum absolute atomic E-state index is 0.458. The number of guanidine groups is 1. The summed E-state index contributed by atoms with van der Waals surface area (Å²) in [6.45, 7) is 2.52. The van der Waals surface area contributed by atoms with E-state index in [4.69, 9.17) is 5.73 Å². The van der Waals surface area contributed by atoms with Gasteiger partial charge in [-0.05, 0) is 61.4 Å². The first-order chi connectivity index (χ1) is 10.7. The SMILES string of the molecule is Cc1ccc(CN=C(N)Nc2cccc3c2CCCC3)cn1. The van der Waals surface area contributed by atoms with Gasteiger partial charge in [-0.2, -0.15) is 0 Å². The van der Waals surface area contributed by atoms with Gasteiger partial charge in [0.15, 0.2) is 5.96 Å². The molecule has 0 saturated carbocycles. The highest BCUT2D eigenvalue weighted by atomic mass is 15.1. The molecule has 0 bridgehead atoms. The lowest BCUT2D eigenvalue weighted by molar-refractivity contribution is 0.687. The Hall–Kier alpha value is -2.36. The molecule has 0 amide bonds. The Kier molecular flexibility index (Phi) is 4.37. The van der Waals surface area contributed by atoms with Crippen molar-refractivity contribution in [3.05, 3.63) is 58.9 Å². The zero-order valence-corrected chi connectivity index (χ0v) is 13.0. The van der Waals surface area contributed by atoms with Crippen molar-refractivity contribution in [3.8, 4) is 0 Å². The molecule has 0 saturated heterocycles. The van der Waals surface area contributed by atoms with Crippen LogP contribution in [0.1, 0.15) is 35.2 Å². The van der Waals surface area contributed by atoms with Crippen LogP contribution in [0.3, 0.4) is 0 Å². The van der Waals surface area contributed by atoms with Crippen molar-refractivity contribution in [2.75, 3.05) is 5.32 Å². The van der Waals surface area contributed by atoms with E-state index in [1.165, 1.54) is 24.0 Å². The van der Waals surface area contributed by atoms with Gasteiger partial charge in [-0.3, -0.25) is 4.98 Å². The molecule has 4 heteroatoms. The molecule has 4 nitrogen and oxygen atoms in total. The first-order valence-electron chi connectivity index (χ1n) is 7.81. The van der Waals surface area contributed by atoms with Gasteiger partial charge in [-0.25, -0.2) is 4.99 Å². The quantitative estimate of drug-likeness (QED) is 0.675. The van der Waals surface area contributed by atoms with E-state index in [0.717, 1.165) is 29.8 Å². The molecule has 22 heavy (non-hydrogen) atoms. The number of aromatic nitrogens is 1. The molecule has 0 unspecified atom stereocenters. The molecule has 0 fully saturated rings. The maximum Gasteiger partial charge on any atom is 0.193 e. The normalized spacial score (nSPS) is 14.5. The number of hydrogen-bond acceptors (Lipinski definition) is 2. The van der Waals surface area contributed by atoms with E-state index in [2.05, 4.69) is 33.5 Å². The molecule has 0 spiro atoms. The highest BCUT2D eigenvalue weighted by Gasteiger charge is 2.12. The third kappa shape index (κ3) is 3.45. The van der Waals surface area contributed by atoms with Gasteiger partial charge in [0.2, 0.25) is 0 Å². The minimum Gasteiger partial charge on any atom is -0.370 e. The summed E-state index contributed by atoms with van der Waals surface area (Å²) in [5.74, 6) is 0.458. The van der Waals surface area contributed by atoms with Gasteiger partial charge >= 0.3 is 0 Å². The van der Waals surface area contributed by atoms with Crippen LogP contribution in [0.4, 0.5) is 5.69 Å². The summed E-state index contributed by atoms with van der Waals surface area (Å²) in [5, 5.41) is 3.26. The smallest absolute Gasteiger partial charge is 0.193 e. The number of aliphatic imine (C=N–C) groups is 1.